The molecule has 0 aromatic carbocycles. The lowest BCUT2D eigenvalue weighted by Gasteiger charge is -2.25. The first-order valence-electron chi connectivity index (χ1n) is 7.69. The van der Waals surface area contributed by atoms with Crippen molar-refractivity contribution in [3.63, 3.8) is 0 Å². The molecule has 2 unspecified atom stereocenters. The standard InChI is InChI=1S/C15H25N5O/c1-5-7-16-13(11(3)6-2)9-20-10-17-14-12(15(20)21)8-18-19(14)4/h8,10-11,13,16H,5-7,9H2,1-4H3. The maximum atomic E-state index is 12.5. The predicted octanol–water partition coefficient (Wildman–Crippen LogP) is 1.54. The number of aryl methyl sites for hydroxylation is 1. The van der Waals surface area contributed by atoms with Gasteiger partial charge < -0.3 is 5.32 Å². The van der Waals surface area contributed by atoms with Gasteiger partial charge in [-0.15, -0.1) is 0 Å². The van der Waals surface area contributed by atoms with E-state index in [2.05, 4.69) is 36.2 Å². The van der Waals surface area contributed by atoms with Crippen LogP contribution in [0.3, 0.4) is 0 Å². The molecule has 2 rings (SSSR count). The van der Waals surface area contributed by atoms with E-state index in [1.165, 1.54) is 0 Å². The second-order valence-corrected chi connectivity index (χ2v) is 5.65. The monoisotopic (exact) mass is 291 g/mol. The van der Waals surface area contributed by atoms with Gasteiger partial charge in [-0.05, 0) is 18.9 Å². The summed E-state index contributed by atoms with van der Waals surface area (Å²) in [6.07, 6.45) is 5.40. The lowest BCUT2D eigenvalue weighted by Crippen LogP contribution is -2.41. The average molecular weight is 291 g/mol. The first-order valence-corrected chi connectivity index (χ1v) is 7.69. The largest absolute Gasteiger partial charge is 0.312 e. The van der Waals surface area contributed by atoms with Crippen molar-refractivity contribution in [2.24, 2.45) is 13.0 Å². The van der Waals surface area contributed by atoms with Crippen molar-refractivity contribution >= 4 is 11.0 Å². The van der Waals surface area contributed by atoms with Crippen molar-refractivity contribution in [2.45, 2.75) is 46.2 Å². The molecule has 0 fully saturated rings. The van der Waals surface area contributed by atoms with Crippen LogP contribution in [-0.2, 0) is 13.6 Å². The smallest absolute Gasteiger partial charge is 0.264 e. The molecule has 0 saturated heterocycles. The van der Waals surface area contributed by atoms with Gasteiger partial charge in [0.15, 0.2) is 5.65 Å². The Kier molecular flexibility index (Phi) is 5.12. The Balaban J connectivity index is 2.27. The van der Waals surface area contributed by atoms with Crippen LogP contribution in [0.5, 0.6) is 0 Å². The minimum absolute atomic E-state index is 0.0142. The lowest BCUT2D eigenvalue weighted by atomic mass is 9.99. The lowest BCUT2D eigenvalue weighted by molar-refractivity contribution is 0.326. The van der Waals surface area contributed by atoms with Crippen LogP contribution in [0.15, 0.2) is 17.3 Å². The summed E-state index contributed by atoms with van der Waals surface area (Å²) in [5.41, 5.74) is 0.623. The van der Waals surface area contributed by atoms with Gasteiger partial charge in [0.05, 0.1) is 6.20 Å². The van der Waals surface area contributed by atoms with E-state index in [-0.39, 0.29) is 11.6 Å². The van der Waals surface area contributed by atoms with E-state index < -0.39 is 0 Å². The molecule has 0 saturated carbocycles. The Bertz CT molecular complexity index is 645. The predicted molar refractivity (Wildman–Crippen MR) is 84.3 cm³/mol. The van der Waals surface area contributed by atoms with Gasteiger partial charge in [0, 0.05) is 19.6 Å². The minimum atomic E-state index is -0.0142. The van der Waals surface area contributed by atoms with Crippen molar-refractivity contribution in [1.29, 1.82) is 0 Å². The van der Waals surface area contributed by atoms with Crippen LogP contribution in [0, 0.1) is 5.92 Å². The summed E-state index contributed by atoms with van der Waals surface area (Å²) in [6.45, 7) is 8.15. The highest BCUT2D eigenvalue weighted by atomic mass is 16.1. The average Bonchev–Trinajstić information content (AvgIpc) is 2.87. The molecule has 6 heteroatoms. The van der Waals surface area contributed by atoms with Gasteiger partial charge in [-0.2, -0.15) is 5.10 Å². The molecule has 2 atom stereocenters. The number of rotatable bonds is 7. The summed E-state index contributed by atoms with van der Waals surface area (Å²) in [5, 5.41) is 8.23. The fourth-order valence-electron chi connectivity index (χ4n) is 2.47. The summed E-state index contributed by atoms with van der Waals surface area (Å²) in [6, 6.07) is 0.281. The van der Waals surface area contributed by atoms with Gasteiger partial charge >= 0.3 is 0 Å². The molecule has 0 aliphatic rings. The molecule has 0 radical (unpaired) electrons. The Morgan fingerprint density at radius 3 is 2.81 bits per heavy atom. The molecular weight excluding hydrogens is 266 g/mol. The van der Waals surface area contributed by atoms with Crippen molar-refractivity contribution < 1.29 is 0 Å². The van der Waals surface area contributed by atoms with E-state index in [0.717, 1.165) is 19.4 Å². The van der Waals surface area contributed by atoms with E-state index in [0.29, 0.717) is 23.5 Å². The molecule has 2 heterocycles. The molecule has 2 aromatic rings. The molecule has 21 heavy (non-hydrogen) atoms. The SMILES string of the molecule is CCCNC(Cn1cnc2c(cnn2C)c1=O)C(C)CC. The van der Waals surface area contributed by atoms with E-state index >= 15 is 0 Å². The third-order valence-electron chi connectivity index (χ3n) is 4.10. The van der Waals surface area contributed by atoms with Crippen molar-refractivity contribution in [3.8, 4) is 0 Å². The minimum Gasteiger partial charge on any atom is -0.312 e. The number of nitrogens with one attached hydrogen (secondary N) is 1. The summed E-state index contributed by atoms with van der Waals surface area (Å²) in [4.78, 5) is 16.9. The van der Waals surface area contributed by atoms with Crippen molar-refractivity contribution in [1.82, 2.24) is 24.6 Å². The van der Waals surface area contributed by atoms with Crippen LogP contribution in [0.1, 0.15) is 33.6 Å². The van der Waals surface area contributed by atoms with Crippen LogP contribution in [0.4, 0.5) is 0 Å². The number of aromatic nitrogens is 4. The molecule has 1 N–H and O–H groups in total. The normalized spacial score (nSPS) is 14.5. The van der Waals surface area contributed by atoms with Gasteiger partial charge in [-0.3, -0.25) is 14.0 Å². The zero-order valence-corrected chi connectivity index (χ0v) is 13.3. The fourth-order valence-corrected chi connectivity index (χ4v) is 2.47. The third-order valence-corrected chi connectivity index (χ3v) is 4.10. The molecule has 0 aliphatic heterocycles. The Labute approximate surface area is 125 Å². The van der Waals surface area contributed by atoms with Crippen molar-refractivity contribution in [2.75, 3.05) is 6.54 Å². The highest BCUT2D eigenvalue weighted by Gasteiger charge is 2.17. The summed E-state index contributed by atoms with van der Waals surface area (Å²) >= 11 is 0. The number of hydrogen-bond acceptors (Lipinski definition) is 4. The van der Waals surface area contributed by atoms with E-state index in [1.807, 2.05) is 0 Å². The molecule has 0 amide bonds. The zero-order valence-electron chi connectivity index (χ0n) is 13.3. The first kappa shape index (κ1) is 15.7. The fraction of sp³-hybridized carbons (Fsp3) is 0.667. The topological polar surface area (TPSA) is 64.7 Å². The van der Waals surface area contributed by atoms with E-state index in [4.69, 9.17) is 0 Å². The molecule has 2 aromatic heterocycles. The van der Waals surface area contributed by atoms with Crippen LogP contribution >= 0.6 is 0 Å². The van der Waals surface area contributed by atoms with Crippen LogP contribution in [0.25, 0.3) is 11.0 Å². The number of fused-ring (bicyclic) bond motifs is 1. The van der Waals surface area contributed by atoms with Gasteiger partial charge in [-0.25, -0.2) is 4.98 Å². The second kappa shape index (κ2) is 6.85. The van der Waals surface area contributed by atoms with Gasteiger partial charge in [-0.1, -0.05) is 27.2 Å². The summed E-state index contributed by atoms with van der Waals surface area (Å²) < 4.78 is 3.33. The summed E-state index contributed by atoms with van der Waals surface area (Å²) in [7, 11) is 1.80. The molecular formula is C15H25N5O. The van der Waals surface area contributed by atoms with Crippen LogP contribution in [-0.4, -0.2) is 31.9 Å². The van der Waals surface area contributed by atoms with Crippen molar-refractivity contribution in [3.05, 3.63) is 22.9 Å². The highest BCUT2D eigenvalue weighted by molar-refractivity contribution is 5.72. The Morgan fingerprint density at radius 2 is 2.14 bits per heavy atom. The zero-order chi connectivity index (χ0) is 15.4. The van der Waals surface area contributed by atoms with Crippen LogP contribution in [0.2, 0.25) is 0 Å². The first-order chi connectivity index (χ1) is 10.1. The molecule has 116 valence electrons. The number of hydrogen-bond donors (Lipinski definition) is 1. The maximum Gasteiger partial charge on any atom is 0.264 e. The van der Waals surface area contributed by atoms with Gasteiger partial charge in [0.25, 0.3) is 5.56 Å². The van der Waals surface area contributed by atoms with E-state index in [9.17, 15) is 4.79 Å². The Hall–Kier alpha value is -1.69. The van der Waals surface area contributed by atoms with E-state index in [1.54, 1.807) is 28.8 Å². The molecule has 0 bridgehead atoms. The quantitative estimate of drug-likeness (QED) is 0.840. The molecule has 0 aliphatic carbocycles. The third kappa shape index (κ3) is 3.32. The Morgan fingerprint density at radius 1 is 1.38 bits per heavy atom. The molecule has 6 nitrogen and oxygen atoms in total. The maximum absolute atomic E-state index is 12.5. The van der Waals surface area contributed by atoms with Gasteiger partial charge in [0.2, 0.25) is 0 Å². The highest BCUT2D eigenvalue weighted by Crippen LogP contribution is 2.10. The van der Waals surface area contributed by atoms with Crippen LogP contribution < -0.4 is 10.9 Å². The van der Waals surface area contributed by atoms with Gasteiger partial charge in [0.1, 0.15) is 11.7 Å². The summed E-state index contributed by atoms with van der Waals surface area (Å²) in [5.74, 6) is 0.507. The molecule has 0 spiro atoms. The second-order valence-electron chi connectivity index (χ2n) is 5.65. The number of nitrogens with zero attached hydrogens (tertiary/aromatic N) is 4.